The van der Waals surface area contributed by atoms with E-state index in [0.29, 0.717) is 10.9 Å². The third-order valence-electron chi connectivity index (χ3n) is 4.36. The molecule has 6 heteroatoms. The van der Waals surface area contributed by atoms with Gasteiger partial charge in [-0.25, -0.2) is 9.98 Å². The molecule has 29 heavy (non-hydrogen) atoms. The Hall–Kier alpha value is -3.15. The van der Waals surface area contributed by atoms with Gasteiger partial charge in [-0.2, -0.15) is 0 Å². The van der Waals surface area contributed by atoms with Crippen LogP contribution in [0.15, 0.2) is 83.9 Å². The molecule has 0 saturated carbocycles. The number of hydrogen-bond acceptors (Lipinski definition) is 4. The minimum absolute atomic E-state index is 0.427. The van der Waals surface area contributed by atoms with Gasteiger partial charge in [0, 0.05) is 21.7 Å². The molecule has 1 aromatic heterocycles. The zero-order chi connectivity index (χ0) is 20.2. The summed E-state index contributed by atoms with van der Waals surface area (Å²) in [6, 6.07) is 25.1. The molecule has 0 fully saturated rings. The molecule has 1 heterocycles. The van der Waals surface area contributed by atoms with Gasteiger partial charge >= 0.3 is 0 Å². The highest BCUT2D eigenvalue weighted by atomic mass is 35.5. The van der Waals surface area contributed by atoms with Crippen molar-refractivity contribution in [2.75, 3.05) is 7.11 Å². The second-order valence-corrected chi connectivity index (χ2v) is 7.69. The van der Waals surface area contributed by atoms with Gasteiger partial charge < -0.3 is 10.5 Å². The van der Waals surface area contributed by atoms with Crippen LogP contribution in [0, 0.1) is 0 Å². The highest BCUT2D eigenvalue weighted by Crippen LogP contribution is 2.40. The number of thiazole rings is 1. The molecular weight excluding hydrogens is 402 g/mol. The van der Waals surface area contributed by atoms with E-state index in [1.165, 1.54) is 11.3 Å². The highest BCUT2D eigenvalue weighted by molar-refractivity contribution is 7.19. The van der Waals surface area contributed by atoms with Crippen LogP contribution in [0.5, 0.6) is 5.75 Å². The van der Waals surface area contributed by atoms with Crippen LogP contribution in [0.1, 0.15) is 5.56 Å². The lowest BCUT2D eigenvalue weighted by molar-refractivity contribution is 0.415. The first-order chi connectivity index (χ1) is 14.1. The Labute approximate surface area is 178 Å². The summed E-state index contributed by atoms with van der Waals surface area (Å²) in [6.45, 7) is 0. The fourth-order valence-corrected chi connectivity index (χ4v) is 3.93. The number of methoxy groups -OCH3 is 1. The number of amidine groups is 1. The van der Waals surface area contributed by atoms with Gasteiger partial charge in [-0.3, -0.25) is 0 Å². The molecule has 4 nitrogen and oxygen atoms in total. The topological polar surface area (TPSA) is 60.5 Å². The van der Waals surface area contributed by atoms with Crippen molar-refractivity contribution in [2.45, 2.75) is 0 Å². The van der Waals surface area contributed by atoms with Crippen LogP contribution in [0.2, 0.25) is 5.02 Å². The van der Waals surface area contributed by atoms with E-state index in [1.807, 2.05) is 78.9 Å². The molecule has 144 valence electrons. The molecule has 0 unspecified atom stereocenters. The summed E-state index contributed by atoms with van der Waals surface area (Å²) in [6.07, 6.45) is 0. The zero-order valence-electron chi connectivity index (χ0n) is 15.7. The van der Waals surface area contributed by atoms with Gasteiger partial charge in [0.15, 0.2) is 0 Å². The molecule has 0 amide bonds. The van der Waals surface area contributed by atoms with Gasteiger partial charge in [-0.05, 0) is 36.4 Å². The van der Waals surface area contributed by atoms with Gasteiger partial charge in [0.25, 0.3) is 0 Å². The van der Waals surface area contributed by atoms with Crippen LogP contribution in [0.25, 0.3) is 21.8 Å². The average molecular weight is 420 g/mol. The van der Waals surface area contributed by atoms with Crippen molar-refractivity contribution < 1.29 is 4.74 Å². The smallest absolute Gasteiger partial charge is 0.146 e. The van der Waals surface area contributed by atoms with Crippen LogP contribution in [0.3, 0.4) is 0 Å². The van der Waals surface area contributed by atoms with Crippen LogP contribution >= 0.6 is 22.9 Å². The standard InChI is InChI=1S/C23H18ClN3OS/c1-28-19-13-9-16(10-14-19)21(25)27-23-20(15-5-3-2-4-6-15)26-22(29-23)17-7-11-18(24)12-8-17/h2-14H,1H3,(H2,25,27). The quantitative estimate of drug-likeness (QED) is 0.310. The zero-order valence-corrected chi connectivity index (χ0v) is 17.2. The Balaban J connectivity index is 1.78. The minimum Gasteiger partial charge on any atom is -0.497 e. The summed E-state index contributed by atoms with van der Waals surface area (Å²) < 4.78 is 5.21. The van der Waals surface area contributed by atoms with Crippen LogP contribution < -0.4 is 10.5 Å². The third kappa shape index (κ3) is 4.31. The number of rotatable bonds is 5. The number of nitrogens with two attached hydrogens (primary N) is 1. The van der Waals surface area contributed by atoms with Gasteiger partial charge in [0.1, 0.15) is 27.3 Å². The lowest BCUT2D eigenvalue weighted by Gasteiger charge is -2.03. The van der Waals surface area contributed by atoms with Crippen molar-refractivity contribution >= 4 is 33.8 Å². The number of ether oxygens (including phenoxy) is 1. The Morgan fingerprint density at radius 2 is 1.62 bits per heavy atom. The molecule has 0 bridgehead atoms. The monoisotopic (exact) mass is 419 g/mol. The first kappa shape index (κ1) is 19.2. The van der Waals surface area contributed by atoms with Gasteiger partial charge in [0.05, 0.1) is 7.11 Å². The molecule has 0 aliphatic rings. The Morgan fingerprint density at radius 3 is 2.28 bits per heavy atom. The van der Waals surface area contributed by atoms with Crippen molar-refractivity contribution in [3.8, 4) is 27.6 Å². The molecule has 3 aromatic carbocycles. The van der Waals surface area contributed by atoms with Crippen molar-refractivity contribution in [2.24, 2.45) is 10.7 Å². The molecule has 2 N–H and O–H groups in total. The lowest BCUT2D eigenvalue weighted by Crippen LogP contribution is -2.12. The van der Waals surface area contributed by atoms with Crippen molar-refractivity contribution in [3.63, 3.8) is 0 Å². The summed E-state index contributed by atoms with van der Waals surface area (Å²) in [5.74, 6) is 1.20. The van der Waals surface area contributed by atoms with E-state index < -0.39 is 0 Å². The molecule has 4 aromatic rings. The lowest BCUT2D eigenvalue weighted by atomic mass is 10.1. The summed E-state index contributed by atoms with van der Waals surface area (Å²) in [7, 11) is 1.63. The predicted molar refractivity (Wildman–Crippen MR) is 121 cm³/mol. The van der Waals surface area contributed by atoms with E-state index >= 15 is 0 Å². The van der Waals surface area contributed by atoms with E-state index in [0.717, 1.165) is 38.1 Å². The molecule has 0 spiro atoms. The maximum Gasteiger partial charge on any atom is 0.146 e. The normalized spacial score (nSPS) is 11.4. The largest absolute Gasteiger partial charge is 0.497 e. The predicted octanol–water partition coefficient (Wildman–Crippen LogP) is 6.18. The van der Waals surface area contributed by atoms with Gasteiger partial charge in [-0.1, -0.05) is 65.4 Å². The molecule has 4 rings (SSSR count). The number of hydrogen-bond donors (Lipinski definition) is 1. The van der Waals surface area contributed by atoms with Crippen molar-refractivity contribution in [3.05, 3.63) is 89.4 Å². The second kappa shape index (κ2) is 8.47. The first-order valence-corrected chi connectivity index (χ1v) is 10.1. The number of benzene rings is 3. The van der Waals surface area contributed by atoms with E-state index in [4.69, 9.17) is 32.0 Å². The Bertz CT molecular complexity index is 1140. The van der Waals surface area contributed by atoms with Crippen LogP contribution in [-0.4, -0.2) is 17.9 Å². The number of nitrogens with zero attached hydrogens (tertiary/aromatic N) is 2. The minimum atomic E-state index is 0.427. The van der Waals surface area contributed by atoms with E-state index in [9.17, 15) is 0 Å². The molecule has 0 saturated heterocycles. The summed E-state index contributed by atoms with van der Waals surface area (Å²) >= 11 is 7.52. The fraction of sp³-hybridized carbons (Fsp3) is 0.0435. The Morgan fingerprint density at radius 1 is 0.931 bits per heavy atom. The third-order valence-corrected chi connectivity index (χ3v) is 5.61. The highest BCUT2D eigenvalue weighted by Gasteiger charge is 2.15. The molecule has 0 radical (unpaired) electrons. The van der Waals surface area contributed by atoms with Crippen molar-refractivity contribution in [1.82, 2.24) is 4.98 Å². The van der Waals surface area contributed by atoms with E-state index in [2.05, 4.69) is 0 Å². The van der Waals surface area contributed by atoms with Gasteiger partial charge in [-0.15, -0.1) is 0 Å². The fourth-order valence-electron chi connectivity index (χ4n) is 2.82. The number of halogens is 1. The SMILES string of the molecule is COc1ccc(/C(N)=N/c2sc(-c3ccc(Cl)cc3)nc2-c2ccccc2)cc1. The van der Waals surface area contributed by atoms with Crippen molar-refractivity contribution in [1.29, 1.82) is 0 Å². The first-order valence-electron chi connectivity index (χ1n) is 8.95. The average Bonchev–Trinajstić information content (AvgIpc) is 3.18. The summed E-state index contributed by atoms with van der Waals surface area (Å²) in [5.41, 5.74) is 9.91. The number of aliphatic imine (C=N–C) groups is 1. The van der Waals surface area contributed by atoms with Crippen LogP contribution in [-0.2, 0) is 0 Å². The molecule has 0 atom stereocenters. The Kier molecular flexibility index (Phi) is 5.60. The summed E-state index contributed by atoms with van der Waals surface area (Å²) in [5, 5.41) is 2.31. The molecular formula is C23H18ClN3OS. The summed E-state index contributed by atoms with van der Waals surface area (Å²) in [4.78, 5) is 9.56. The number of aromatic nitrogens is 1. The van der Waals surface area contributed by atoms with Gasteiger partial charge in [0.2, 0.25) is 0 Å². The second-order valence-electron chi connectivity index (χ2n) is 6.27. The van der Waals surface area contributed by atoms with Crippen LogP contribution in [0.4, 0.5) is 5.00 Å². The maximum absolute atomic E-state index is 6.30. The van der Waals surface area contributed by atoms with E-state index in [1.54, 1.807) is 7.11 Å². The molecule has 0 aliphatic carbocycles. The molecule has 0 aliphatic heterocycles. The maximum atomic E-state index is 6.30. The van der Waals surface area contributed by atoms with E-state index in [-0.39, 0.29) is 0 Å².